The van der Waals surface area contributed by atoms with Crippen molar-refractivity contribution >= 4 is 38.6 Å². The number of hydrogen-bond acceptors (Lipinski definition) is 6. The van der Waals surface area contributed by atoms with E-state index >= 15 is 0 Å². The maximum atomic E-state index is 13.0. The van der Waals surface area contributed by atoms with Crippen LogP contribution in [0.5, 0.6) is 5.75 Å². The fourth-order valence-corrected chi connectivity index (χ4v) is 4.10. The van der Waals surface area contributed by atoms with E-state index in [9.17, 15) is 14.4 Å². The van der Waals surface area contributed by atoms with Crippen molar-refractivity contribution < 1.29 is 19.0 Å². The monoisotopic (exact) mass is 570 g/mol. The van der Waals surface area contributed by atoms with E-state index in [4.69, 9.17) is 14.2 Å². The lowest BCUT2D eigenvalue weighted by Gasteiger charge is -2.11. The molecule has 2 aromatic heterocycles. The highest BCUT2D eigenvalue weighted by molar-refractivity contribution is 9.10. The normalized spacial score (nSPS) is 11.1. The number of benzene rings is 2. The van der Waals surface area contributed by atoms with Crippen molar-refractivity contribution in [1.82, 2.24) is 14.1 Å². The summed E-state index contributed by atoms with van der Waals surface area (Å²) in [5.74, 6) is 0.241. The number of amides is 1. The van der Waals surface area contributed by atoms with E-state index in [0.717, 1.165) is 14.6 Å². The van der Waals surface area contributed by atoms with E-state index in [-0.39, 0.29) is 25.7 Å². The van der Waals surface area contributed by atoms with Gasteiger partial charge in [0.2, 0.25) is 0 Å². The lowest BCUT2D eigenvalue weighted by atomic mass is 10.1. The van der Waals surface area contributed by atoms with E-state index in [2.05, 4.69) is 26.2 Å². The highest BCUT2D eigenvalue weighted by Gasteiger charge is 2.16. The third-order valence-electron chi connectivity index (χ3n) is 5.71. The van der Waals surface area contributed by atoms with Gasteiger partial charge in [0, 0.05) is 30.1 Å². The Balaban J connectivity index is 1.53. The molecule has 0 aliphatic rings. The number of carbonyl (C=O) groups excluding carboxylic acids is 1. The van der Waals surface area contributed by atoms with E-state index in [0.29, 0.717) is 41.3 Å². The number of nitrogens with zero attached hydrogens (tertiary/aromatic N) is 2. The number of ether oxygens (including phenoxy) is 3. The molecule has 10 nitrogen and oxygen atoms in total. The molecule has 0 atom stereocenters. The van der Waals surface area contributed by atoms with Crippen LogP contribution in [0.1, 0.15) is 0 Å². The lowest BCUT2D eigenvalue weighted by molar-refractivity contribution is -0.118. The summed E-state index contributed by atoms with van der Waals surface area (Å²) in [7, 11) is 3.07. The van der Waals surface area contributed by atoms with Crippen LogP contribution in [0.3, 0.4) is 0 Å². The molecule has 37 heavy (non-hydrogen) atoms. The van der Waals surface area contributed by atoms with E-state index < -0.39 is 11.2 Å². The van der Waals surface area contributed by atoms with E-state index in [1.165, 1.54) is 11.7 Å². The zero-order valence-electron chi connectivity index (χ0n) is 20.5. The molecule has 0 spiro atoms. The molecule has 0 aliphatic heterocycles. The van der Waals surface area contributed by atoms with Crippen molar-refractivity contribution in [2.45, 2.75) is 13.1 Å². The van der Waals surface area contributed by atoms with Gasteiger partial charge in [-0.25, -0.2) is 4.79 Å². The van der Waals surface area contributed by atoms with E-state index in [1.54, 1.807) is 37.4 Å². The Labute approximate surface area is 220 Å². The van der Waals surface area contributed by atoms with Gasteiger partial charge in [0.15, 0.2) is 6.61 Å². The fraction of sp³-hybridized carbons (Fsp3) is 0.269. The third kappa shape index (κ3) is 6.19. The molecule has 0 radical (unpaired) electrons. The van der Waals surface area contributed by atoms with Crippen LogP contribution in [0.15, 0.2) is 68.7 Å². The zero-order valence-corrected chi connectivity index (χ0v) is 22.0. The number of anilines is 1. The third-order valence-corrected chi connectivity index (χ3v) is 6.24. The summed E-state index contributed by atoms with van der Waals surface area (Å²) >= 11 is 3.36. The average Bonchev–Trinajstić information content (AvgIpc) is 3.35. The van der Waals surface area contributed by atoms with Gasteiger partial charge in [-0.15, -0.1) is 0 Å². The molecule has 1 amide bonds. The molecular formula is C26H27BrN4O6. The van der Waals surface area contributed by atoms with Crippen molar-refractivity contribution in [3.8, 4) is 17.0 Å². The Hall–Kier alpha value is -3.67. The number of methoxy groups -OCH3 is 2. The van der Waals surface area contributed by atoms with Crippen molar-refractivity contribution in [1.29, 1.82) is 0 Å². The average molecular weight is 571 g/mol. The number of H-pyrrole nitrogens is 1. The molecule has 2 aromatic carbocycles. The molecule has 0 saturated carbocycles. The number of aromatic amines is 1. The van der Waals surface area contributed by atoms with E-state index in [1.807, 2.05) is 24.3 Å². The first-order chi connectivity index (χ1) is 17.9. The highest BCUT2D eigenvalue weighted by atomic mass is 79.9. The first-order valence-electron chi connectivity index (χ1n) is 11.5. The molecule has 0 fully saturated rings. The van der Waals surface area contributed by atoms with Gasteiger partial charge in [-0.05, 0) is 60.2 Å². The van der Waals surface area contributed by atoms with Gasteiger partial charge in [0.05, 0.1) is 31.8 Å². The van der Waals surface area contributed by atoms with Crippen LogP contribution in [0, 0.1) is 0 Å². The van der Waals surface area contributed by atoms with Crippen molar-refractivity contribution in [3.05, 3.63) is 79.9 Å². The first kappa shape index (κ1) is 26.4. The minimum Gasteiger partial charge on any atom is -0.484 e. The number of nitrogens with one attached hydrogen (secondary N) is 2. The Morgan fingerprint density at radius 3 is 2.24 bits per heavy atom. The van der Waals surface area contributed by atoms with Crippen LogP contribution < -0.4 is 21.3 Å². The zero-order chi connectivity index (χ0) is 26.4. The fourth-order valence-electron chi connectivity index (χ4n) is 3.83. The van der Waals surface area contributed by atoms with Gasteiger partial charge in [-0.1, -0.05) is 15.9 Å². The Morgan fingerprint density at radius 1 is 0.946 bits per heavy atom. The Morgan fingerprint density at radius 2 is 1.59 bits per heavy atom. The molecule has 0 aliphatic carbocycles. The number of rotatable bonds is 11. The van der Waals surface area contributed by atoms with Crippen molar-refractivity contribution in [2.24, 2.45) is 0 Å². The molecule has 0 saturated heterocycles. The predicted octanol–water partition coefficient (Wildman–Crippen LogP) is 3.23. The van der Waals surface area contributed by atoms with Crippen LogP contribution in [-0.4, -0.2) is 54.1 Å². The van der Waals surface area contributed by atoms with Crippen LogP contribution in [-0.2, 0) is 27.4 Å². The van der Waals surface area contributed by atoms with Crippen LogP contribution in [0.2, 0.25) is 0 Å². The smallest absolute Gasteiger partial charge is 0.331 e. The number of fused-ring (bicyclic) bond motifs is 1. The molecule has 4 aromatic rings. The number of aromatic nitrogens is 3. The standard InChI is InChI=1S/C26H27BrN4O6/c1-35-13-11-30-22-15-21(29-24(22)25(33)31(26(30)34)12-14-36-2)17-3-9-20(10-4-17)37-16-23(32)28-19-7-5-18(27)6-8-19/h3-10,15,29H,11-14,16H2,1-2H3,(H,28,32). The summed E-state index contributed by atoms with van der Waals surface area (Å²) in [5, 5.41) is 2.77. The van der Waals surface area contributed by atoms with Gasteiger partial charge >= 0.3 is 5.69 Å². The molecule has 11 heteroatoms. The maximum absolute atomic E-state index is 13.0. The van der Waals surface area contributed by atoms with Gasteiger partial charge in [0.25, 0.3) is 11.5 Å². The predicted molar refractivity (Wildman–Crippen MR) is 144 cm³/mol. The molecule has 194 valence electrons. The summed E-state index contributed by atoms with van der Waals surface area (Å²) < 4.78 is 19.4. The second kappa shape index (κ2) is 12.0. The molecule has 2 heterocycles. The second-order valence-corrected chi connectivity index (χ2v) is 9.10. The number of halogens is 1. The van der Waals surface area contributed by atoms with Crippen LogP contribution >= 0.6 is 15.9 Å². The summed E-state index contributed by atoms with van der Waals surface area (Å²) in [6.45, 7) is 0.855. The minimum absolute atomic E-state index is 0.144. The van der Waals surface area contributed by atoms with Crippen molar-refractivity contribution in [2.75, 3.05) is 39.4 Å². The maximum Gasteiger partial charge on any atom is 0.331 e. The highest BCUT2D eigenvalue weighted by Crippen LogP contribution is 2.24. The van der Waals surface area contributed by atoms with Crippen LogP contribution in [0.25, 0.3) is 22.3 Å². The van der Waals surface area contributed by atoms with Gasteiger partial charge in [-0.2, -0.15) is 0 Å². The second-order valence-electron chi connectivity index (χ2n) is 8.19. The summed E-state index contributed by atoms with van der Waals surface area (Å²) in [6.07, 6.45) is 0. The van der Waals surface area contributed by atoms with Gasteiger partial charge in [-0.3, -0.25) is 18.7 Å². The quantitative estimate of drug-likeness (QED) is 0.286. The Bertz CT molecular complexity index is 1490. The molecular weight excluding hydrogens is 544 g/mol. The largest absolute Gasteiger partial charge is 0.484 e. The van der Waals surface area contributed by atoms with Crippen LogP contribution in [0.4, 0.5) is 5.69 Å². The molecule has 2 N–H and O–H groups in total. The summed E-state index contributed by atoms with van der Waals surface area (Å²) in [4.78, 5) is 41.4. The SMILES string of the molecule is COCCn1c(=O)c2[nH]c(-c3ccc(OCC(=O)Nc4ccc(Br)cc4)cc3)cc2n(CCOC)c1=O. The molecule has 0 bridgehead atoms. The van der Waals surface area contributed by atoms with Crippen molar-refractivity contribution in [3.63, 3.8) is 0 Å². The Kier molecular flexibility index (Phi) is 8.59. The topological polar surface area (TPSA) is 117 Å². The number of hydrogen-bond donors (Lipinski definition) is 2. The lowest BCUT2D eigenvalue weighted by Crippen LogP contribution is -2.41. The van der Waals surface area contributed by atoms with Gasteiger partial charge in [0.1, 0.15) is 11.3 Å². The first-order valence-corrected chi connectivity index (χ1v) is 12.3. The molecule has 0 unspecified atom stereocenters. The minimum atomic E-state index is -0.415. The molecule has 4 rings (SSSR count). The summed E-state index contributed by atoms with van der Waals surface area (Å²) in [6, 6.07) is 16.1. The number of carbonyl (C=O) groups is 1. The summed E-state index contributed by atoms with van der Waals surface area (Å²) in [5.41, 5.74) is 2.14. The van der Waals surface area contributed by atoms with Gasteiger partial charge < -0.3 is 24.5 Å².